The molecule has 0 radical (unpaired) electrons. The molecule has 0 saturated carbocycles. The Hall–Kier alpha value is -3.65. The largest absolute Gasteiger partial charge is 0.494 e. The Kier molecular flexibility index (Phi) is 8.61. The van der Waals surface area contributed by atoms with E-state index in [1.807, 2.05) is 80.6 Å². The molecule has 0 aliphatic heterocycles. The third kappa shape index (κ3) is 5.85. The quantitative estimate of drug-likeness (QED) is 0.239. The zero-order valence-electron chi connectivity index (χ0n) is 21.3. The number of amides is 2. The number of hydrogen-bond donors (Lipinski definition) is 1. The summed E-state index contributed by atoms with van der Waals surface area (Å²) in [6.07, 6.45) is 1.73. The van der Waals surface area contributed by atoms with Crippen molar-refractivity contribution < 1.29 is 9.53 Å². The lowest BCUT2D eigenvalue weighted by molar-refractivity contribution is 0.188. The molecule has 1 aromatic heterocycles. The monoisotopic (exact) mass is 562 g/mol. The summed E-state index contributed by atoms with van der Waals surface area (Å²) in [5.74, 6) is 1.21. The van der Waals surface area contributed by atoms with Gasteiger partial charge in [0.1, 0.15) is 11.6 Å². The molecule has 7 nitrogen and oxygen atoms in total. The first-order chi connectivity index (χ1) is 17.9. The molecule has 0 aliphatic rings. The fourth-order valence-electron chi connectivity index (χ4n) is 4.23. The number of benzene rings is 3. The minimum absolute atomic E-state index is 0.182. The number of aromatic nitrogens is 2. The molecule has 0 aliphatic carbocycles. The summed E-state index contributed by atoms with van der Waals surface area (Å²) in [6, 6.07) is 21.4. The van der Waals surface area contributed by atoms with Crippen molar-refractivity contribution in [2.45, 2.75) is 39.7 Å². The molecule has 1 N–H and O–H groups in total. The molecule has 0 spiro atoms. The Morgan fingerprint density at radius 1 is 1.05 bits per heavy atom. The van der Waals surface area contributed by atoms with Gasteiger partial charge in [-0.2, -0.15) is 0 Å². The number of fused-ring (bicyclic) bond motifs is 1. The highest BCUT2D eigenvalue weighted by atomic mass is 79.9. The van der Waals surface area contributed by atoms with E-state index in [0.717, 1.165) is 23.1 Å². The fraction of sp³-hybridized carbons (Fsp3) is 0.276. The van der Waals surface area contributed by atoms with E-state index in [1.54, 1.807) is 15.5 Å². The van der Waals surface area contributed by atoms with Gasteiger partial charge in [0, 0.05) is 11.0 Å². The Morgan fingerprint density at radius 3 is 2.46 bits per heavy atom. The van der Waals surface area contributed by atoms with E-state index in [1.165, 1.54) is 0 Å². The number of para-hydroxylation sites is 2. The zero-order chi connectivity index (χ0) is 26.4. The molecular weight excluding hydrogens is 532 g/mol. The molecule has 4 rings (SSSR count). The van der Waals surface area contributed by atoms with E-state index >= 15 is 0 Å². The van der Waals surface area contributed by atoms with Crippen LogP contribution in [-0.4, -0.2) is 33.6 Å². The van der Waals surface area contributed by atoms with E-state index < -0.39 is 6.04 Å². The number of anilines is 1. The van der Waals surface area contributed by atoms with Crippen LogP contribution in [0.2, 0.25) is 0 Å². The standard InChI is InChI=1S/C29H31BrN4O3/c1-4-6-19-33(29(36)32-26-14-10-8-12-24(26)30)20(3)27-31-25-13-9-7-11-23(25)28(35)34(27)21-15-17-22(18-16-21)37-5-2/h7-18,20H,4-6,19H2,1-3H3,(H,32,36). The maximum Gasteiger partial charge on any atom is 0.322 e. The third-order valence-corrected chi connectivity index (χ3v) is 6.87. The zero-order valence-corrected chi connectivity index (χ0v) is 22.9. The Balaban J connectivity index is 1.82. The van der Waals surface area contributed by atoms with Crippen molar-refractivity contribution in [1.82, 2.24) is 14.5 Å². The lowest BCUT2D eigenvalue weighted by Gasteiger charge is -2.31. The smallest absolute Gasteiger partial charge is 0.322 e. The van der Waals surface area contributed by atoms with Gasteiger partial charge in [0.2, 0.25) is 0 Å². The Bertz CT molecular complexity index is 1440. The molecule has 1 atom stereocenters. The summed E-state index contributed by atoms with van der Waals surface area (Å²) < 4.78 is 7.98. The highest BCUT2D eigenvalue weighted by Gasteiger charge is 2.27. The summed E-state index contributed by atoms with van der Waals surface area (Å²) >= 11 is 3.50. The first-order valence-electron chi connectivity index (χ1n) is 12.5. The molecule has 1 unspecified atom stereocenters. The number of carbonyl (C=O) groups excluding carboxylic acids is 1. The predicted octanol–water partition coefficient (Wildman–Crippen LogP) is 6.94. The summed E-state index contributed by atoms with van der Waals surface area (Å²) in [4.78, 5) is 34.0. The van der Waals surface area contributed by atoms with Gasteiger partial charge in [0.05, 0.1) is 34.9 Å². The SMILES string of the molecule is CCCCN(C(=O)Nc1ccccc1Br)C(C)c1nc2ccccc2c(=O)n1-c1ccc(OCC)cc1. The second kappa shape index (κ2) is 12.1. The Morgan fingerprint density at radius 2 is 1.76 bits per heavy atom. The van der Waals surface area contributed by atoms with Crippen LogP contribution >= 0.6 is 15.9 Å². The topological polar surface area (TPSA) is 76.5 Å². The molecule has 0 bridgehead atoms. The lowest BCUT2D eigenvalue weighted by Crippen LogP contribution is -2.40. The highest BCUT2D eigenvalue weighted by molar-refractivity contribution is 9.10. The van der Waals surface area contributed by atoms with Gasteiger partial charge < -0.3 is 15.0 Å². The van der Waals surface area contributed by atoms with Crippen LogP contribution in [0.25, 0.3) is 16.6 Å². The van der Waals surface area contributed by atoms with E-state index in [9.17, 15) is 9.59 Å². The van der Waals surface area contributed by atoms with Crippen LogP contribution in [0.5, 0.6) is 5.75 Å². The molecule has 3 aromatic carbocycles. The van der Waals surface area contributed by atoms with Crippen LogP contribution in [0.3, 0.4) is 0 Å². The minimum atomic E-state index is -0.488. The molecule has 8 heteroatoms. The van der Waals surface area contributed by atoms with Crippen LogP contribution in [0.1, 0.15) is 45.5 Å². The number of ether oxygens (including phenoxy) is 1. The third-order valence-electron chi connectivity index (χ3n) is 6.18. The predicted molar refractivity (Wildman–Crippen MR) is 152 cm³/mol. The maximum absolute atomic E-state index is 13.8. The molecule has 1 heterocycles. The second-order valence-corrected chi connectivity index (χ2v) is 9.54. The van der Waals surface area contributed by atoms with Crippen molar-refractivity contribution in [3.8, 4) is 11.4 Å². The molecule has 2 amide bonds. The van der Waals surface area contributed by atoms with Crippen LogP contribution in [-0.2, 0) is 0 Å². The average Bonchev–Trinajstić information content (AvgIpc) is 2.91. The van der Waals surface area contributed by atoms with Crippen LogP contribution in [0.15, 0.2) is 82.1 Å². The van der Waals surface area contributed by atoms with Gasteiger partial charge in [0.25, 0.3) is 5.56 Å². The second-order valence-electron chi connectivity index (χ2n) is 8.69. The Labute approximate surface area is 225 Å². The first-order valence-corrected chi connectivity index (χ1v) is 13.3. The summed E-state index contributed by atoms with van der Waals surface area (Å²) in [5.41, 5.74) is 1.75. The van der Waals surface area contributed by atoms with Crippen LogP contribution in [0.4, 0.5) is 10.5 Å². The fourth-order valence-corrected chi connectivity index (χ4v) is 4.61. The van der Waals surface area contributed by atoms with Gasteiger partial charge in [0.15, 0.2) is 0 Å². The average molecular weight is 563 g/mol. The molecular formula is C29H31BrN4O3. The number of halogens is 1. The highest BCUT2D eigenvalue weighted by Crippen LogP contribution is 2.27. The van der Waals surface area contributed by atoms with Crippen LogP contribution in [0, 0.1) is 0 Å². The van der Waals surface area contributed by atoms with Gasteiger partial charge in [-0.15, -0.1) is 0 Å². The van der Waals surface area contributed by atoms with Crippen molar-refractivity contribution in [3.05, 3.63) is 93.4 Å². The van der Waals surface area contributed by atoms with Crippen LogP contribution < -0.4 is 15.6 Å². The number of hydrogen-bond acceptors (Lipinski definition) is 4. The molecule has 0 fully saturated rings. The number of nitrogens with one attached hydrogen (secondary N) is 1. The molecule has 192 valence electrons. The minimum Gasteiger partial charge on any atom is -0.494 e. The molecule has 0 saturated heterocycles. The maximum atomic E-state index is 13.8. The first kappa shape index (κ1) is 26.4. The number of unbranched alkanes of at least 4 members (excludes halogenated alkanes) is 1. The molecule has 37 heavy (non-hydrogen) atoms. The van der Waals surface area contributed by atoms with Crippen molar-refractivity contribution in [2.24, 2.45) is 0 Å². The van der Waals surface area contributed by atoms with Gasteiger partial charge >= 0.3 is 6.03 Å². The van der Waals surface area contributed by atoms with Crippen molar-refractivity contribution in [1.29, 1.82) is 0 Å². The number of rotatable bonds is 9. The summed E-state index contributed by atoms with van der Waals surface area (Å²) in [7, 11) is 0. The van der Waals surface area contributed by atoms with E-state index in [0.29, 0.717) is 41.3 Å². The van der Waals surface area contributed by atoms with E-state index in [4.69, 9.17) is 9.72 Å². The normalized spacial score (nSPS) is 11.8. The van der Waals surface area contributed by atoms with Gasteiger partial charge in [-0.05, 0) is 84.7 Å². The van der Waals surface area contributed by atoms with Crippen molar-refractivity contribution in [3.63, 3.8) is 0 Å². The van der Waals surface area contributed by atoms with E-state index in [-0.39, 0.29) is 11.6 Å². The van der Waals surface area contributed by atoms with E-state index in [2.05, 4.69) is 28.2 Å². The van der Waals surface area contributed by atoms with Gasteiger partial charge in [-0.1, -0.05) is 37.6 Å². The lowest BCUT2D eigenvalue weighted by atomic mass is 10.1. The van der Waals surface area contributed by atoms with Crippen molar-refractivity contribution in [2.75, 3.05) is 18.5 Å². The number of nitrogens with zero attached hydrogens (tertiary/aromatic N) is 3. The molecule has 4 aromatic rings. The number of urea groups is 1. The summed E-state index contributed by atoms with van der Waals surface area (Å²) in [6.45, 7) is 6.99. The van der Waals surface area contributed by atoms with Gasteiger partial charge in [-0.25, -0.2) is 9.78 Å². The van der Waals surface area contributed by atoms with Crippen molar-refractivity contribution >= 4 is 38.6 Å². The number of carbonyl (C=O) groups is 1. The van der Waals surface area contributed by atoms with Gasteiger partial charge in [-0.3, -0.25) is 9.36 Å². The summed E-state index contributed by atoms with van der Waals surface area (Å²) in [5, 5.41) is 3.53.